The summed E-state index contributed by atoms with van der Waals surface area (Å²) in [7, 11) is 0. The number of hydrogen-bond donors (Lipinski definition) is 0. The molecule has 0 amide bonds. The molecule has 0 spiro atoms. The smallest absolute Gasteiger partial charge is 0.00235 e. The summed E-state index contributed by atoms with van der Waals surface area (Å²) in [4.78, 5) is 0. The second-order valence-corrected chi connectivity index (χ2v) is 11.5. The predicted octanol–water partition coefficient (Wildman–Crippen LogP) is 12.9. The van der Waals surface area contributed by atoms with Gasteiger partial charge in [-0.15, -0.1) is 0 Å². The molecule has 0 N–H and O–H groups in total. The van der Waals surface area contributed by atoms with Gasteiger partial charge in [0.15, 0.2) is 0 Å². The zero-order valence-electron chi connectivity index (χ0n) is 26.5. The average molecular weight is 561 g/mol. The highest BCUT2D eigenvalue weighted by molar-refractivity contribution is 6.14. The van der Waals surface area contributed by atoms with Gasteiger partial charge in [0, 0.05) is 0 Å². The van der Waals surface area contributed by atoms with Gasteiger partial charge in [-0.3, -0.25) is 0 Å². The van der Waals surface area contributed by atoms with Gasteiger partial charge in [-0.25, -0.2) is 0 Å². The molecule has 1 unspecified atom stereocenters. The molecular weight excluding hydrogens is 516 g/mol. The van der Waals surface area contributed by atoms with E-state index in [9.17, 15) is 0 Å². The molecule has 5 aromatic rings. The van der Waals surface area contributed by atoms with Gasteiger partial charge in [-0.2, -0.15) is 0 Å². The Hall–Kier alpha value is -4.16. The lowest BCUT2D eigenvalue weighted by Gasteiger charge is -2.30. The zero-order valence-corrected chi connectivity index (χ0v) is 26.5. The van der Waals surface area contributed by atoms with Crippen molar-refractivity contribution in [3.8, 4) is 22.3 Å². The topological polar surface area (TPSA) is 0 Å². The van der Waals surface area contributed by atoms with Gasteiger partial charge in [0.05, 0.1) is 0 Å². The highest BCUT2D eigenvalue weighted by atomic mass is 14.3. The van der Waals surface area contributed by atoms with Crippen LogP contribution in [0.1, 0.15) is 88.5 Å². The van der Waals surface area contributed by atoms with Gasteiger partial charge < -0.3 is 0 Å². The first kappa shape index (κ1) is 28.9. The maximum atomic E-state index is 2.54. The molecule has 0 saturated carbocycles. The van der Waals surface area contributed by atoms with Gasteiger partial charge >= 0.3 is 0 Å². The molecule has 0 heteroatoms. The van der Waals surface area contributed by atoms with Gasteiger partial charge in [-0.05, 0) is 121 Å². The van der Waals surface area contributed by atoms with E-state index >= 15 is 0 Å². The second kappa shape index (κ2) is 12.6. The first-order chi connectivity index (χ1) is 21.3. The summed E-state index contributed by atoms with van der Waals surface area (Å²) in [6.45, 7) is 10.4. The first-order valence-corrected chi connectivity index (χ1v) is 16.5. The fraction of sp³-hybridized carbons (Fsp3) is 0.256. The Labute approximate surface area is 258 Å². The van der Waals surface area contributed by atoms with Crippen molar-refractivity contribution in [2.75, 3.05) is 0 Å². The summed E-state index contributed by atoms with van der Waals surface area (Å²) in [5.74, 6) is 0.567. The average Bonchev–Trinajstić information content (AvgIpc) is 3.08. The van der Waals surface area contributed by atoms with E-state index in [0.717, 1.165) is 25.7 Å². The molecular formula is C43H44. The van der Waals surface area contributed by atoms with Crippen molar-refractivity contribution >= 4 is 33.2 Å². The maximum absolute atomic E-state index is 2.54. The fourth-order valence-corrected chi connectivity index (χ4v) is 7.50. The Morgan fingerprint density at radius 3 is 2.09 bits per heavy atom. The fourth-order valence-electron chi connectivity index (χ4n) is 7.50. The van der Waals surface area contributed by atoms with Crippen molar-refractivity contribution in [1.29, 1.82) is 0 Å². The normalized spacial score (nSPS) is 16.4. The van der Waals surface area contributed by atoms with E-state index in [4.69, 9.17) is 0 Å². The highest BCUT2D eigenvalue weighted by Gasteiger charge is 2.27. The Kier molecular flexibility index (Phi) is 8.48. The van der Waals surface area contributed by atoms with Gasteiger partial charge in [0.2, 0.25) is 0 Å². The lowest BCUT2D eigenvalue weighted by Crippen LogP contribution is -2.10. The molecule has 0 radical (unpaired) electrons. The molecule has 0 fully saturated rings. The van der Waals surface area contributed by atoms with Crippen LogP contribution >= 0.6 is 0 Å². The summed E-state index contributed by atoms with van der Waals surface area (Å²) >= 11 is 0. The van der Waals surface area contributed by atoms with E-state index in [-0.39, 0.29) is 0 Å². The molecule has 0 aliphatic heterocycles. The molecule has 0 saturated heterocycles. The van der Waals surface area contributed by atoms with E-state index in [0.29, 0.717) is 5.92 Å². The third kappa shape index (κ3) is 4.98. The number of hydrogen-bond acceptors (Lipinski definition) is 0. The molecule has 5 aromatic carbocycles. The predicted molar refractivity (Wildman–Crippen MR) is 191 cm³/mol. The van der Waals surface area contributed by atoms with E-state index in [2.05, 4.69) is 116 Å². The largest absolute Gasteiger partial charge is 0.0839 e. The van der Waals surface area contributed by atoms with E-state index < -0.39 is 0 Å². The van der Waals surface area contributed by atoms with Crippen molar-refractivity contribution < 1.29 is 0 Å². The number of benzene rings is 5. The maximum Gasteiger partial charge on any atom is -0.00235 e. The van der Waals surface area contributed by atoms with E-state index in [1.807, 2.05) is 27.7 Å². The quantitative estimate of drug-likeness (QED) is 0.201. The van der Waals surface area contributed by atoms with Crippen LogP contribution < -0.4 is 0 Å². The standard InChI is InChI=1S/C39H32.2C2H6/c1-25-23-27-12-3-5-15-31(27)37-24-28(21-22-29(25)37)38-33-16-6-8-18-35(33)39(36-19-9-7-17-34(36)38)32-20-10-13-26-11-2-4-14-30(26)32;2*1-2/h2-4,6,8-14,16,18-22,24-25H,5,7,15,17,23H2,1H3;2*1-2H3. The van der Waals surface area contributed by atoms with Gasteiger partial charge in [0.25, 0.3) is 0 Å². The van der Waals surface area contributed by atoms with Crippen LogP contribution in [0.5, 0.6) is 0 Å². The number of rotatable bonds is 2. The molecule has 3 aliphatic rings. The van der Waals surface area contributed by atoms with Crippen LogP contribution in [0.25, 0.3) is 55.4 Å². The molecule has 3 aliphatic carbocycles. The second-order valence-electron chi connectivity index (χ2n) is 11.5. The molecule has 0 heterocycles. The highest BCUT2D eigenvalue weighted by Crippen LogP contribution is 2.48. The Bertz CT molecular complexity index is 1890. The van der Waals surface area contributed by atoms with E-state index in [1.54, 1.807) is 11.1 Å². The van der Waals surface area contributed by atoms with Crippen molar-refractivity contribution in [2.45, 2.75) is 72.6 Å². The van der Waals surface area contributed by atoms with Gasteiger partial charge in [0.1, 0.15) is 0 Å². The lowest BCUT2D eigenvalue weighted by molar-refractivity contribution is 0.738. The third-order valence-corrected chi connectivity index (χ3v) is 9.26. The van der Waals surface area contributed by atoms with Crippen LogP contribution in [-0.2, 0) is 6.42 Å². The molecule has 0 aromatic heterocycles. The van der Waals surface area contributed by atoms with Crippen LogP contribution in [0.3, 0.4) is 0 Å². The first-order valence-electron chi connectivity index (χ1n) is 16.5. The molecule has 1 atom stereocenters. The van der Waals surface area contributed by atoms with Crippen LogP contribution in [0.15, 0.2) is 109 Å². The van der Waals surface area contributed by atoms with Crippen LogP contribution in [-0.4, -0.2) is 0 Å². The van der Waals surface area contributed by atoms with Crippen molar-refractivity contribution in [1.82, 2.24) is 0 Å². The zero-order chi connectivity index (χ0) is 29.9. The molecule has 216 valence electrons. The number of allylic oxidation sites excluding steroid dienone is 5. The summed E-state index contributed by atoms with van der Waals surface area (Å²) in [6.07, 6.45) is 15.2. The van der Waals surface area contributed by atoms with Crippen LogP contribution in [0.4, 0.5) is 0 Å². The Morgan fingerprint density at radius 1 is 0.605 bits per heavy atom. The molecule has 8 rings (SSSR count). The molecule has 0 bridgehead atoms. The Balaban J connectivity index is 0.000000792. The third-order valence-electron chi connectivity index (χ3n) is 9.26. The molecule has 43 heavy (non-hydrogen) atoms. The van der Waals surface area contributed by atoms with Crippen LogP contribution in [0.2, 0.25) is 0 Å². The Morgan fingerprint density at radius 2 is 1.28 bits per heavy atom. The molecule has 0 nitrogen and oxygen atoms in total. The van der Waals surface area contributed by atoms with Crippen molar-refractivity contribution in [3.63, 3.8) is 0 Å². The minimum absolute atomic E-state index is 0.567. The van der Waals surface area contributed by atoms with Crippen LogP contribution in [0, 0.1) is 0 Å². The van der Waals surface area contributed by atoms with E-state index in [1.165, 1.54) is 72.5 Å². The summed E-state index contributed by atoms with van der Waals surface area (Å²) in [5, 5.41) is 5.34. The monoisotopic (exact) mass is 560 g/mol. The van der Waals surface area contributed by atoms with Gasteiger partial charge in [-0.1, -0.05) is 138 Å². The SMILES string of the molecule is CC.CC.CC1CC2=C(CCC=C2)c2cc(-c3c4c(c(-c5cccc6ccccc56)c5ccccc35)C=CCC4)ccc21. The summed E-state index contributed by atoms with van der Waals surface area (Å²) < 4.78 is 0. The summed E-state index contributed by atoms with van der Waals surface area (Å²) in [6, 6.07) is 32.1. The lowest BCUT2D eigenvalue weighted by atomic mass is 9.74. The summed E-state index contributed by atoms with van der Waals surface area (Å²) in [5.41, 5.74) is 14.6. The minimum atomic E-state index is 0.567. The van der Waals surface area contributed by atoms with Crippen molar-refractivity contribution in [2.24, 2.45) is 0 Å². The minimum Gasteiger partial charge on any atom is -0.0839 e. The number of fused-ring (bicyclic) bond motifs is 5. The van der Waals surface area contributed by atoms with Crippen molar-refractivity contribution in [3.05, 3.63) is 131 Å².